The molecule has 9 heteroatoms. The molecule has 32 heavy (non-hydrogen) atoms. The predicted molar refractivity (Wildman–Crippen MR) is 117 cm³/mol. The number of piperidine rings is 1. The fourth-order valence-electron chi connectivity index (χ4n) is 4.23. The van der Waals surface area contributed by atoms with Crippen molar-refractivity contribution in [3.8, 4) is 0 Å². The number of imide groups is 1. The van der Waals surface area contributed by atoms with Crippen LogP contribution in [0.5, 0.6) is 0 Å². The van der Waals surface area contributed by atoms with Crippen LogP contribution in [0.2, 0.25) is 0 Å². The van der Waals surface area contributed by atoms with Crippen molar-refractivity contribution < 1.29 is 24.0 Å². The molecule has 0 bridgehead atoms. The fourth-order valence-corrected chi connectivity index (χ4v) is 5.27. The molecule has 0 aliphatic carbocycles. The van der Waals surface area contributed by atoms with Crippen molar-refractivity contribution in [1.29, 1.82) is 0 Å². The van der Waals surface area contributed by atoms with Gasteiger partial charge in [-0.15, -0.1) is 11.3 Å². The Bertz CT molecular complexity index is 1150. The Labute approximate surface area is 188 Å². The van der Waals surface area contributed by atoms with E-state index >= 15 is 0 Å². The van der Waals surface area contributed by atoms with Crippen molar-refractivity contribution in [2.24, 2.45) is 5.73 Å². The van der Waals surface area contributed by atoms with E-state index in [1.54, 1.807) is 24.4 Å². The van der Waals surface area contributed by atoms with Gasteiger partial charge in [0, 0.05) is 41.6 Å². The second kappa shape index (κ2) is 8.66. The SMILES string of the molecule is Cc1ccc(CC(=O)CCc2scc3c2CN(C2CCC(=O)NC2=O)C3=O)cc1C(N)=O. The van der Waals surface area contributed by atoms with Crippen molar-refractivity contribution in [3.63, 3.8) is 0 Å². The number of thiophene rings is 1. The second-order valence-corrected chi connectivity index (χ2v) is 9.14. The number of fused-ring (bicyclic) bond motifs is 1. The number of nitrogens with zero attached hydrogens (tertiary/aromatic N) is 1. The lowest BCUT2D eigenvalue weighted by molar-refractivity contribution is -0.137. The molecule has 1 saturated heterocycles. The molecule has 0 saturated carbocycles. The number of nitrogens with two attached hydrogens (primary N) is 1. The Morgan fingerprint density at radius 2 is 2.03 bits per heavy atom. The number of carbonyl (C=O) groups is 5. The summed E-state index contributed by atoms with van der Waals surface area (Å²) in [6.45, 7) is 2.11. The number of hydrogen-bond acceptors (Lipinski definition) is 6. The Morgan fingerprint density at radius 1 is 1.25 bits per heavy atom. The molecule has 1 aromatic carbocycles. The summed E-state index contributed by atoms with van der Waals surface area (Å²) in [4.78, 5) is 62.9. The highest BCUT2D eigenvalue weighted by Gasteiger charge is 2.40. The molecule has 1 fully saturated rings. The number of rotatable bonds is 7. The molecule has 4 rings (SSSR count). The number of benzene rings is 1. The van der Waals surface area contributed by atoms with E-state index in [0.29, 0.717) is 36.9 Å². The van der Waals surface area contributed by atoms with Crippen LogP contribution in [0, 0.1) is 6.92 Å². The maximum atomic E-state index is 12.8. The first kappa shape index (κ1) is 21.9. The van der Waals surface area contributed by atoms with Crippen molar-refractivity contribution in [1.82, 2.24) is 10.2 Å². The number of aryl methyl sites for hydroxylation is 2. The van der Waals surface area contributed by atoms with Gasteiger partial charge in [0.05, 0.1) is 5.56 Å². The normalized spacial score (nSPS) is 18.0. The molecular formula is C23H23N3O5S. The Hall–Kier alpha value is -3.33. The average Bonchev–Trinajstić information content (AvgIpc) is 3.28. The van der Waals surface area contributed by atoms with Crippen LogP contribution in [-0.4, -0.2) is 40.4 Å². The quantitative estimate of drug-likeness (QED) is 0.617. The molecule has 3 N–H and O–H groups in total. The van der Waals surface area contributed by atoms with Gasteiger partial charge in [-0.05, 0) is 42.5 Å². The minimum atomic E-state index is -0.645. The number of nitrogens with one attached hydrogen (secondary N) is 1. The van der Waals surface area contributed by atoms with Gasteiger partial charge in [-0.3, -0.25) is 29.3 Å². The third-order valence-corrected chi connectivity index (χ3v) is 7.08. The number of amides is 4. The third-order valence-electron chi connectivity index (χ3n) is 5.99. The topological polar surface area (TPSA) is 127 Å². The molecule has 1 unspecified atom stereocenters. The summed E-state index contributed by atoms with van der Waals surface area (Å²) in [5.74, 6) is -1.45. The van der Waals surface area contributed by atoms with Gasteiger partial charge in [-0.25, -0.2) is 0 Å². The van der Waals surface area contributed by atoms with Crippen LogP contribution in [0.25, 0.3) is 0 Å². The summed E-state index contributed by atoms with van der Waals surface area (Å²) < 4.78 is 0. The van der Waals surface area contributed by atoms with Crippen molar-refractivity contribution >= 4 is 40.7 Å². The Kier molecular flexibility index (Phi) is 5.92. The summed E-state index contributed by atoms with van der Waals surface area (Å²) in [7, 11) is 0. The highest BCUT2D eigenvalue weighted by Crippen LogP contribution is 2.34. The molecule has 1 atom stereocenters. The Morgan fingerprint density at radius 3 is 2.75 bits per heavy atom. The maximum Gasteiger partial charge on any atom is 0.256 e. The molecule has 1 aromatic heterocycles. The molecule has 2 aromatic rings. The number of ketones is 1. The van der Waals surface area contributed by atoms with E-state index in [9.17, 15) is 24.0 Å². The van der Waals surface area contributed by atoms with Crippen LogP contribution < -0.4 is 11.1 Å². The first-order valence-corrected chi connectivity index (χ1v) is 11.3. The molecule has 0 spiro atoms. The standard InChI is InChI=1S/C23H23N3O5S/c1-12-2-3-13(9-15(12)21(24)29)8-14(27)4-6-19-16-10-26(23(31)17(16)11-32-19)18-5-7-20(28)25-22(18)30/h2-3,9,11,18H,4-8,10H2,1H3,(H2,24,29)(H,25,28,30). The predicted octanol–water partition coefficient (Wildman–Crippen LogP) is 1.66. The van der Waals surface area contributed by atoms with E-state index in [-0.39, 0.29) is 30.4 Å². The highest BCUT2D eigenvalue weighted by atomic mass is 32.1. The van der Waals surface area contributed by atoms with E-state index in [0.717, 1.165) is 21.6 Å². The molecule has 2 aliphatic heterocycles. The molecule has 166 valence electrons. The molecule has 2 aliphatic rings. The van der Waals surface area contributed by atoms with E-state index in [4.69, 9.17) is 5.73 Å². The van der Waals surface area contributed by atoms with Gasteiger partial charge in [0.2, 0.25) is 17.7 Å². The van der Waals surface area contributed by atoms with E-state index in [2.05, 4.69) is 5.32 Å². The lowest BCUT2D eigenvalue weighted by atomic mass is 9.99. The zero-order valence-electron chi connectivity index (χ0n) is 17.6. The summed E-state index contributed by atoms with van der Waals surface area (Å²) in [6, 6.07) is 4.62. The summed E-state index contributed by atoms with van der Waals surface area (Å²) in [5.41, 5.74) is 8.75. The van der Waals surface area contributed by atoms with Gasteiger partial charge in [0.1, 0.15) is 11.8 Å². The zero-order chi connectivity index (χ0) is 23.0. The average molecular weight is 454 g/mol. The monoisotopic (exact) mass is 453 g/mol. The summed E-state index contributed by atoms with van der Waals surface area (Å²) >= 11 is 1.45. The summed E-state index contributed by atoms with van der Waals surface area (Å²) in [6.07, 6.45) is 1.55. The van der Waals surface area contributed by atoms with Gasteiger partial charge in [0.15, 0.2) is 0 Å². The van der Waals surface area contributed by atoms with Crippen LogP contribution >= 0.6 is 11.3 Å². The number of carbonyl (C=O) groups excluding carboxylic acids is 5. The number of Topliss-reactive ketones (excluding diaryl/α,β-unsaturated/α-hetero) is 1. The molecule has 8 nitrogen and oxygen atoms in total. The van der Waals surface area contributed by atoms with Crippen LogP contribution in [0.4, 0.5) is 0 Å². The lowest BCUT2D eigenvalue weighted by Gasteiger charge is -2.29. The van der Waals surface area contributed by atoms with Crippen LogP contribution in [0.1, 0.15) is 61.5 Å². The molecule has 3 heterocycles. The van der Waals surface area contributed by atoms with Gasteiger partial charge >= 0.3 is 0 Å². The van der Waals surface area contributed by atoms with Gasteiger partial charge < -0.3 is 10.6 Å². The van der Waals surface area contributed by atoms with E-state index < -0.39 is 17.9 Å². The lowest BCUT2D eigenvalue weighted by Crippen LogP contribution is -2.52. The number of hydrogen-bond donors (Lipinski definition) is 2. The van der Waals surface area contributed by atoms with Crippen LogP contribution in [0.15, 0.2) is 23.6 Å². The van der Waals surface area contributed by atoms with Gasteiger partial charge in [-0.2, -0.15) is 0 Å². The van der Waals surface area contributed by atoms with Crippen LogP contribution in [-0.2, 0) is 33.8 Å². The van der Waals surface area contributed by atoms with Crippen molar-refractivity contribution in [2.45, 2.75) is 51.6 Å². The minimum absolute atomic E-state index is 0.0257. The van der Waals surface area contributed by atoms with Gasteiger partial charge in [0.25, 0.3) is 5.91 Å². The highest BCUT2D eigenvalue weighted by molar-refractivity contribution is 7.10. The van der Waals surface area contributed by atoms with Crippen molar-refractivity contribution in [2.75, 3.05) is 0 Å². The molecular weight excluding hydrogens is 430 g/mol. The van der Waals surface area contributed by atoms with Crippen LogP contribution in [0.3, 0.4) is 0 Å². The Balaban J connectivity index is 1.39. The largest absolute Gasteiger partial charge is 0.366 e. The van der Waals surface area contributed by atoms with E-state index in [1.165, 1.54) is 16.2 Å². The number of primary amides is 1. The van der Waals surface area contributed by atoms with Gasteiger partial charge in [-0.1, -0.05) is 12.1 Å². The second-order valence-electron chi connectivity index (χ2n) is 8.18. The summed E-state index contributed by atoms with van der Waals surface area (Å²) in [5, 5.41) is 4.08. The zero-order valence-corrected chi connectivity index (χ0v) is 18.4. The van der Waals surface area contributed by atoms with E-state index in [1.807, 2.05) is 6.07 Å². The minimum Gasteiger partial charge on any atom is -0.366 e. The molecule has 0 radical (unpaired) electrons. The van der Waals surface area contributed by atoms with Crippen molar-refractivity contribution in [3.05, 3.63) is 56.3 Å². The first-order chi connectivity index (χ1) is 15.2. The first-order valence-electron chi connectivity index (χ1n) is 10.4. The molecule has 4 amide bonds. The third kappa shape index (κ3) is 4.20. The fraction of sp³-hybridized carbons (Fsp3) is 0.348. The maximum absolute atomic E-state index is 12.8. The smallest absolute Gasteiger partial charge is 0.256 e.